The molecule has 0 aliphatic carbocycles. The van der Waals surface area contributed by atoms with E-state index >= 15 is 0 Å². The molecule has 3 aliphatic heterocycles. The molecule has 0 aromatic heterocycles. The highest BCUT2D eigenvalue weighted by molar-refractivity contribution is 6.04. The molecule has 3 heterocycles. The average molecular weight is 452 g/mol. The Morgan fingerprint density at radius 1 is 1.15 bits per heavy atom. The van der Waals surface area contributed by atoms with E-state index in [1.165, 1.54) is 0 Å². The lowest BCUT2D eigenvalue weighted by Gasteiger charge is -2.51. The molecule has 1 fully saturated rings. The second-order valence-corrected chi connectivity index (χ2v) is 8.47. The summed E-state index contributed by atoms with van der Waals surface area (Å²) in [5.41, 5.74) is 1.87. The molecule has 2 aromatic rings. The third kappa shape index (κ3) is 3.63. The van der Waals surface area contributed by atoms with Gasteiger partial charge in [0.2, 0.25) is 5.72 Å². The van der Waals surface area contributed by atoms with Gasteiger partial charge in [0.05, 0.1) is 25.0 Å². The maximum absolute atomic E-state index is 12.3. The van der Waals surface area contributed by atoms with Crippen LogP contribution in [0.1, 0.15) is 50.3 Å². The Balaban J connectivity index is 1.53. The second-order valence-electron chi connectivity index (χ2n) is 8.47. The number of likely N-dealkylation sites (tertiary alicyclic amines) is 1. The number of carbonyl (C=O) groups is 1. The second kappa shape index (κ2) is 8.50. The van der Waals surface area contributed by atoms with Gasteiger partial charge in [-0.25, -0.2) is 9.80 Å². The monoisotopic (exact) mass is 451 g/mol. The van der Waals surface area contributed by atoms with Gasteiger partial charge in [-0.1, -0.05) is 24.3 Å². The number of carbonyl (C=O) groups excluding carboxylic acids is 1. The first-order valence-electron chi connectivity index (χ1n) is 11.6. The lowest BCUT2D eigenvalue weighted by Crippen LogP contribution is -2.59. The quantitative estimate of drug-likeness (QED) is 0.747. The van der Waals surface area contributed by atoms with Crippen molar-refractivity contribution >= 4 is 11.8 Å². The smallest absolute Gasteiger partial charge is 0.409 e. The predicted octanol–water partition coefficient (Wildman–Crippen LogP) is 4.28. The summed E-state index contributed by atoms with van der Waals surface area (Å²) >= 11 is 0. The first-order chi connectivity index (χ1) is 16.1. The van der Waals surface area contributed by atoms with Crippen LogP contribution in [0.4, 0.5) is 4.79 Å². The molecule has 0 unspecified atom stereocenters. The molecular weight excluding hydrogens is 422 g/mol. The van der Waals surface area contributed by atoms with Gasteiger partial charge in [0, 0.05) is 43.5 Å². The molecule has 5 rings (SSSR count). The van der Waals surface area contributed by atoms with Crippen LogP contribution in [0.15, 0.2) is 47.6 Å². The van der Waals surface area contributed by atoms with Crippen LogP contribution < -0.4 is 9.47 Å². The molecule has 0 saturated carbocycles. The molecule has 3 aliphatic rings. The van der Waals surface area contributed by atoms with Gasteiger partial charge in [-0.15, -0.1) is 0 Å². The lowest BCUT2D eigenvalue weighted by atomic mass is 9.90. The zero-order chi connectivity index (χ0) is 23.0. The minimum atomic E-state index is -0.708. The molecule has 0 radical (unpaired) electrons. The SMILES string of the molecule is CCOC(=O)N1CCC2(CC1)Oc1c(OCC)cccc1[C@@H]1CC(c3ccccc3O)=NN12. The van der Waals surface area contributed by atoms with Crippen molar-refractivity contribution in [2.45, 2.75) is 44.9 Å². The number of hydrazone groups is 1. The Kier molecular flexibility index (Phi) is 5.52. The van der Waals surface area contributed by atoms with E-state index in [4.69, 9.17) is 19.3 Å². The molecule has 1 N–H and O–H groups in total. The maximum atomic E-state index is 12.3. The summed E-state index contributed by atoms with van der Waals surface area (Å²) in [5, 5.41) is 17.5. The van der Waals surface area contributed by atoms with Crippen LogP contribution in [-0.4, -0.2) is 58.8 Å². The third-order valence-electron chi connectivity index (χ3n) is 6.57. The predicted molar refractivity (Wildman–Crippen MR) is 123 cm³/mol. The number of amides is 1. The van der Waals surface area contributed by atoms with Crippen molar-refractivity contribution in [1.82, 2.24) is 9.91 Å². The summed E-state index contributed by atoms with van der Waals surface area (Å²) in [7, 11) is 0. The van der Waals surface area contributed by atoms with Gasteiger partial charge in [-0.05, 0) is 32.0 Å². The van der Waals surface area contributed by atoms with Crippen molar-refractivity contribution in [2.75, 3.05) is 26.3 Å². The summed E-state index contributed by atoms with van der Waals surface area (Å²) in [5.74, 6) is 1.68. The number of rotatable bonds is 4. The lowest BCUT2D eigenvalue weighted by molar-refractivity contribution is -0.148. The normalized spacial score (nSPS) is 20.5. The molecule has 1 saturated heterocycles. The van der Waals surface area contributed by atoms with E-state index in [0.717, 1.165) is 28.3 Å². The maximum Gasteiger partial charge on any atom is 0.409 e. The summed E-state index contributed by atoms with van der Waals surface area (Å²) < 4.78 is 17.8. The summed E-state index contributed by atoms with van der Waals surface area (Å²) in [4.78, 5) is 14.0. The zero-order valence-electron chi connectivity index (χ0n) is 19.0. The fraction of sp³-hybridized carbons (Fsp3) is 0.440. The van der Waals surface area contributed by atoms with Crippen LogP contribution >= 0.6 is 0 Å². The Morgan fingerprint density at radius 2 is 1.94 bits per heavy atom. The first-order valence-corrected chi connectivity index (χ1v) is 11.6. The van der Waals surface area contributed by atoms with Crippen LogP contribution in [-0.2, 0) is 4.74 Å². The largest absolute Gasteiger partial charge is 0.507 e. The molecule has 2 aromatic carbocycles. The van der Waals surface area contributed by atoms with Gasteiger partial charge >= 0.3 is 6.09 Å². The average Bonchev–Trinajstić information content (AvgIpc) is 3.28. The number of phenolic OH excluding ortho intramolecular Hbond substituents is 1. The minimum Gasteiger partial charge on any atom is -0.507 e. The Hall–Kier alpha value is -3.42. The van der Waals surface area contributed by atoms with Crippen LogP contribution in [0.2, 0.25) is 0 Å². The van der Waals surface area contributed by atoms with Crippen LogP contribution in [0.5, 0.6) is 17.2 Å². The number of phenols is 1. The van der Waals surface area contributed by atoms with Crippen molar-refractivity contribution < 1.29 is 24.1 Å². The van der Waals surface area contributed by atoms with Gasteiger partial charge < -0.3 is 24.2 Å². The number of nitrogens with zero attached hydrogens (tertiary/aromatic N) is 3. The fourth-order valence-corrected chi connectivity index (χ4v) is 5.00. The van der Waals surface area contributed by atoms with Gasteiger partial charge in [-0.3, -0.25) is 0 Å². The highest BCUT2D eigenvalue weighted by Crippen LogP contribution is 2.53. The molecule has 1 spiro atoms. The van der Waals surface area contributed by atoms with Crippen LogP contribution in [0.25, 0.3) is 0 Å². The summed E-state index contributed by atoms with van der Waals surface area (Å²) in [6, 6.07) is 13.2. The van der Waals surface area contributed by atoms with E-state index in [1.807, 2.05) is 38.1 Å². The van der Waals surface area contributed by atoms with E-state index < -0.39 is 5.72 Å². The molecule has 8 heteroatoms. The van der Waals surface area contributed by atoms with Crippen molar-refractivity contribution in [2.24, 2.45) is 5.10 Å². The van der Waals surface area contributed by atoms with E-state index in [9.17, 15) is 9.90 Å². The van der Waals surface area contributed by atoms with Gasteiger partial charge in [0.25, 0.3) is 0 Å². The molecular formula is C25H29N3O5. The molecule has 33 heavy (non-hydrogen) atoms. The van der Waals surface area contributed by atoms with E-state index in [1.54, 1.807) is 17.0 Å². The number of benzene rings is 2. The van der Waals surface area contributed by atoms with Crippen molar-refractivity contribution in [1.29, 1.82) is 0 Å². The van der Waals surface area contributed by atoms with E-state index in [-0.39, 0.29) is 17.9 Å². The number of aromatic hydroxyl groups is 1. The van der Waals surface area contributed by atoms with Gasteiger partial charge in [0.15, 0.2) is 11.5 Å². The molecule has 8 nitrogen and oxygen atoms in total. The summed E-state index contributed by atoms with van der Waals surface area (Å²) in [6.07, 6.45) is 1.52. The van der Waals surface area contributed by atoms with E-state index in [2.05, 4.69) is 11.1 Å². The molecule has 1 amide bonds. The molecule has 0 bridgehead atoms. The number of fused-ring (bicyclic) bond motifs is 4. The van der Waals surface area contributed by atoms with Crippen LogP contribution in [0, 0.1) is 0 Å². The number of para-hydroxylation sites is 2. The molecule has 1 atom stereocenters. The number of hydrogen-bond donors (Lipinski definition) is 1. The minimum absolute atomic E-state index is 0.0436. The van der Waals surface area contributed by atoms with E-state index in [0.29, 0.717) is 45.6 Å². The van der Waals surface area contributed by atoms with Crippen molar-refractivity contribution in [3.63, 3.8) is 0 Å². The summed E-state index contributed by atoms with van der Waals surface area (Å²) in [6.45, 7) is 5.67. The number of hydrogen-bond acceptors (Lipinski definition) is 7. The fourth-order valence-electron chi connectivity index (χ4n) is 5.00. The highest BCUT2D eigenvalue weighted by Gasteiger charge is 2.53. The third-order valence-corrected chi connectivity index (χ3v) is 6.57. The number of ether oxygens (including phenoxy) is 3. The highest BCUT2D eigenvalue weighted by atomic mass is 16.6. The Morgan fingerprint density at radius 3 is 2.67 bits per heavy atom. The van der Waals surface area contributed by atoms with Crippen LogP contribution in [0.3, 0.4) is 0 Å². The van der Waals surface area contributed by atoms with Crippen molar-refractivity contribution in [3.8, 4) is 17.2 Å². The van der Waals surface area contributed by atoms with Gasteiger partial charge in [0.1, 0.15) is 5.75 Å². The van der Waals surface area contributed by atoms with Crippen molar-refractivity contribution in [3.05, 3.63) is 53.6 Å². The standard InChI is InChI=1S/C25H29N3O5/c1-3-31-22-11-7-9-18-20-16-19(17-8-5-6-10-21(17)29)26-28(20)25(33-23(18)22)12-14-27(15-13-25)24(30)32-4-2/h5-11,20,29H,3-4,12-16H2,1-2H3/t20-/m0/s1. The van der Waals surface area contributed by atoms with Gasteiger partial charge in [-0.2, -0.15) is 5.10 Å². The first kappa shape index (κ1) is 21.4. The number of piperidine rings is 1. The Bertz CT molecular complexity index is 1080. The topological polar surface area (TPSA) is 83.8 Å². The molecule has 174 valence electrons. The Labute approximate surface area is 193 Å². The zero-order valence-corrected chi connectivity index (χ0v) is 19.0.